The number of benzene rings is 3. The van der Waals surface area contributed by atoms with Crippen LogP contribution in [-0.4, -0.2) is 47.5 Å². The van der Waals surface area contributed by atoms with Crippen molar-refractivity contribution in [2.45, 2.75) is 43.7 Å². The average molecular weight is 567 g/mol. The van der Waals surface area contributed by atoms with E-state index in [1.165, 1.54) is 4.31 Å². The highest BCUT2D eigenvalue weighted by Crippen LogP contribution is 2.38. The van der Waals surface area contributed by atoms with Crippen molar-refractivity contribution in [2.24, 2.45) is 7.05 Å². The van der Waals surface area contributed by atoms with Gasteiger partial charge < -0.3 is 9.47 Å². The van der Waals surface area contributed by atoms with Crippen LogP contribution < -0.4 is 9.47 Å². The Morgan fingerprint density at radius 3 is 2.72 bits per heavy atom. The van der Waals surface area contributed by atoms with Crippen LogP contribution in [0.2, 0.25) is 5.02 Å². The maximum Gasteiger partial charge on any atom is 0.247 e. The SMILES string of the molecule is C=C(C)CC(c1ccc(Cl)c(CN2C[C@@H](C)Oc3ccccc3S2(=O)=O)c1)c1cc(OC)c2c(c1)nnn2C. The van der Waals surface area contributed by atoms with Gasteiger partial charge in [0.1, 0.15) is 33.5 Å². The third-order valence-electron chi connectivity index (χ3n) is 6.94. The Morgan fingerprint density at radius 1 is 1.21 bits per heavy atom. The van der Waals surface area contributed by atoms with Crippen molar-refractivity contribution in [3.8, 4) is 11.5 Å². The Kier molecular flexibility index (Phi) is 7.41. The highest BCUT2D eigenvalue weighted by atomic mass is 35.5. The number of fused-ring (bicyclic) bond motifs is 2. The van der Waals surface area contributed by atoms with E-state index in [1.54, 1.807) is 36.1 Å². The van der Waals surface area contributed by atoms with Crippen molar-refractivity contribution < 1.29 is 17.9 Å². The van der Waals surface area contributed by atoms with Gasteiger partial charge in [-0.05, 0) is 67.3 Å². The van der Waals surface area contributed by atoms with E-state index in [1.807, 2.05) is 51.2 Å². The molecule has 39 heavy (non-hydrogen) atoms. The number of sulfonamides is 1. The van der Waals surface area contributed by atoms with E-state index in [2.05, 4.69) is 16.9 Å². The van der Waals surface area contributed by atoms with E-state index >= 15 is 0 Å². The minimum absolute atomic E-state index is 0.0810. The van der Waals surface area contributed by atoms with Gasteiger partial charge in [0, 0.05) is 24.5 Å². The molecular formula is C29H31ClN4O4S. The van der Waals surface area contributed by atoms with Gasteiger partial charge >= 0.3 is 0 Å². The molecule has 0 spiro atoms. The third-order valence-corrected chi connectivity index (χ3v) is 9.16. The molecule has 1 aliphatic rings. The van der Waals surface area contributed by atoms with Crippen molar-refractivity contribution in [3.05, 3.63) is 88.5 Å². The quantitative estimate of drug-likeness (QED) is 0.267. The van der Waals surface area contributed by atoms with E-state index in [4.69, 9.17) is 21.1 Å². The Hall–Kier alpha value is -3.40. The summed E-state index contributed by atoms with van der Waals surface area (Å²) >= 11 is 6.66. The van der Waals surface area contributed by atoms with Crippen LogP contribution in [0.25, 0.3) is 11.0 Å². The Labute approximate surface area is 233 Å². The minimum atomic E-state index is -3.80. The summed E-state index contributed by atoms with van der Waals surface area (Å²) in [4.78, 5) is 0.158. The monoisotopic (exact) mass is 566 g/mol. The number of methoxy groups -OCH3 is 1. The lowest BCUT2D eigenvalue weighted by atomic mass is 9.85. The maximum absolute atomic E-state index is 13.6. The van der Waals surface area contributed by atoms with Gasteiger partial charge in [-0.25, -0.2) is 13.1 Å². The first kappa shape index (κ1) is 27.2. The van der Waals surface area contributed by atoms with Crippen LogP contribution in [-0.2, 0) is 23.6 Å². The predicted octanol–water partition coefficient (Wildman–Crippen LogP) is 5.70. The molecule has 0 saturated carbocycles. The molecule has 0 amide bonds. The predicted molar refractivity (Wildman–Crippen MR) is 152 cm³/mol. The van der Waals surface area contributed by atoms with Gasteiger partial charge in [0.15, 0.2) is 0 Å². The second-order valence-electron chi connectivity index (χ2n) is 10.0. The molecule has 0 radical (unpaired) electrons. The summed E-state index contributed by atoms with van der Waals surface area (Å²) in [5.74, 6) is 0.962. The number of aryl methyl sites for hydroxylation is 1. The molecule has 204 valence electrons. The number of hydrogen-bond acceptors (Lipinski definition) is 6. The molecular weight excluding hydrogens is 536 g/mol. The molecule has 0 bridgehead atoms. The lowest BCUT2D eigenvalue weighted by Gasteiger charge is -2.24. The van der Waals surface area contributed by atoms with Crippen LogP contribution in [0, 0.1) is 0 Å². The van der Waals surface area contributed by atoms with Gasteiger partial charge in [0.25, 0.3) is 0 Å². The fraction of sp³-hybridized carbons (Fsp3) is 0.310. The van der Waals surface area contributed by atoms with Crippen molar-refractivity contribution in [2.75, 3.05) is 13.7 Å². The normalized spacial score (nSPS) is 17.7. The summed E-state index contributed by atoms with van der Waals surface area (Å²) in [6.45, 7) is 8.33. The molecule has 8 nitrogen and oxygen atoms in total. The van der Waals surface area contributed by atoms with E-state index < -0.39 is 10.0 Å². The highest BCUT2D eigenvalue weighted by Gasteiger charge is 2.33. The smallest absolute Gasteiger partial charge is 0.247 e. The number of nitrogens with zero attached hydrogens (tertiary/aromatic N) is 4. The van der Waals surface area contributed by atoms with Crippen LogP contribution >= 0.6 is 11.6 Å². The van der Waals surface area contributed by atoms with Gasteiger partial charge in [0.05, 0.1) is 13.7 Å². The van der Waals surface area contributed by atoms with Gasteiger partial charge in [-0.1, -0.05) is 46.7 Å². The number of ether oxygens (including phenoxy) is 2. The molecule has 2 atom stereocenters. The van der Waals surface area contributed by atoms with E-state index in [0.717, 1.165) is 27.7 Å². The lowest BCUT2D eigenvalue weighted by molar-refractivity contribution is 0.190. The number of aromatic nitrogens is 3. The number of halogens is 1. The zero-order chi connectivity index (χ0) is 27.9. The minimum Gasteiger partial charge on any atom is -0.494 e. The number of para-hydroxylation sites is 1. The Balaban J connectivity index is 1.56. The second-order valence-corrected chi connectivity index (χ2v) is 12.4. The van der Waals surface area contributed by atoms with E-state index in [-0.39, 0.29) is 30.0 Å². The van der Waals surface area contributed by atoms with Gasteiger partial charge in [0.2, 0.25) is 10.0 Å². The third kappa shape index (κ3) is 5.26. The summed E-state index contributed by atoms with van der Waals surface area (Å²) in [6.07, 6.45) is 0.351. The molecule has 1 aromatic heterocycles. The molecule has 3 aromatic carbocycles. The number of hydrogen-bond donors (Lipinski definition) is 0. The van der Waals surface area contributed by atoms with Gasteiger partial charge in [-0.15, -0.1) is 11.7 Å². The molecule has 2 heterocycles. The van der Waals surface area contributed by atoms with E-state index in [9.17, 15) is 8.42 Å². The van der Waals surface area contributed by atoms with Crippen LogP contribution in [0.3, 0.4) is 0 Å². The van der Waals surface area contributed by atoms with Gasteiger partial charge in [-0.3, -0.25) is 0 Å². The number of allylic oxidation sites excluding steroid dienone is 1. The van der Waals surface area contributed by atoms with Crippen molar-refractivity contribution >= 4 is 32.7 Å². The summed E-state index contributed by atoms with van der Waals surface area (Å²) in [7, 11) is -0.343. The van der Waals surface area contributed by atoms with Crippen molar-refractivity contribution in [1.82, 2.24) is 19.3 Å². The summed E-state index contributed by atoms with van der Waals surface area (Å²) in [5, 5.41) is 8.95. The van der Waals surface area contributed by atoms with Crippen LogP contribution in [0.5, 0.6) is 11.5 Å². The Morgan fingerprint density at radius 2 is 1.97 bits per heavy atom. The first-order valence-electron chi connectivity index (χ1n) is 12.6. The van der Waals surface area contributed by atoms with E-state index in [0.29, 0.717) is 28.5 Å². The fourth-order valence-electron chi connectivity index (χ4n) is 5.12. The molecule has 10 heteroatoms. The zero-order valence-corrected chi connectivity index (χ0v) is 24.0. The summed E-state index contributed by atoms with van der Waals surface area (Å²) in [6, 6.07) is 16.5. The van der Waals surface area contributed by atoms with Gasteiger partial charge in [-0.2, -0.15) is 4.31 Å². The fourth-order valence-corrected chi connectivity index (χ4v) is 6.91. The largest absolute Gasteiger partial charge is 0.494 e. The Bertz CT molecular complexity index is 1670. The highest BCUT2D eigenvalue weighted by molar-refractivity contribution is 7.89. The van der Waals surface area contributed by atoms with Crippen LogP contribution in [0.1, 0.15) is 42.9 Å². The van der Waals surface area contributed by atoms with Crippen LogP contribution in [0.15, 0.2) is 71.6 Å². The molecule has 0 aliphatic carbocycles. The molecule has 5 rings (SSSR count). The molecule has 4 aromatic rings. The zero-order valence-electron chi connectivity index (χ0n) is 22.4. The van der Waals surface area contributed by atoms with Crippen LogP contribution in [0.4, 0.5) is 0 Å². The average Bonchev–Trinajstić information content (AvgIpc) is 3.24. The first-order chi connectivity index (χ1) is 18.6. The maximum atomic E-state index is 13.6. The summed E-state index contributed by atoms with van der Waals surface area (Å²) < 4.78 is 42.0. The molecule has 1 unspecified atom stereocenters. The summed E-state index contributed by atoms with van der Waals surface area (Å²) in [5.41, 5.74) is 5.25. The molecule has 0 fully saturated rings. The second kappa shape index (κ2) is 10.6. The first-order valence-corrected chi connectivity index (χ1v) is 14.5. The van der Waals surface area contributed by atoms with Crippen molar-refractivity contribution in [3.63, 3.8) is 0 Å². The van der Waals surface area contributed by atoms with Crippen molar-refractivity contribution in [1.29, 1.82) is 0 Å². The molecule has 0 N–H and O–H groups in total. The standard InChI is InChI=1S/C29H31ClN4O4S/c1-18(2)12-23(21-14-25-29(27(15-21)37-5)33(4)32-31-25)20-10-11-24(30)22(13-20)17-34-16-19(3)38-26-8-6-7-9-28(26)39(34,35)36/h6-11,13-15,19,23H,1,12,16-17H2,2-5H3/t19-,23?/m1/s1. The number of rotatable bonds is 7. The molecule has 0 saturated heterocycles. The lowest BCUT2D eigenvalue weighted by Crippen LogP contribution is -2.35. The molecule has 1 aliphatic heterocycles. The topological polar surface area (TPSA) is 86.6 Å².